The number of nitrogens with one attached hydrogen (secondary N) is 1. The van der Waals surface area contributed by atoms with Crippen LogP contribution >= 0.6 is 0 Å². The molecular formula is C22H26N2O4. The second-order valence-electron chi connectivity index (χ2n) is 7.47. The van der Waals surface area contributed by atoms with Crippen LogP contribution in [0.1, 0.15) is 42.7 Å². The van der Waals surface area contributed by atoms with Crippen LogP contribution in [0.15, 0.2) is 42.5 Å². The Labute approximate surface area is 164 Å². The quantitative estimate of drug-likeness (QED) is 0.272. The largest absolute Gasteiger partial charge is 0.508 e. The van der Waals surface area contributed by atoms with Gasteiger partial charge in [0.1, 0.15) is 5.75 Å². The normalized spacial score (nSPS) is 19.2. The molecule has 28 heavy (non-hydrogen) atoms. The highest BCUT2D eigenvalue weighted by Gasteiger charge is 2.40. The number of aliphatic carboxylic acids is 1. The monoisotopic (exact) mass is 382 g/mol. The van der Waals surface area contributed by atoms with E-state index in [4.69, 9.17) is 11.1 Å². The number of phenols is 1. The van der Waals surface area contributed by atoms with Crippen molar-refractivity contribution in [2.24, 2.45) is 11.7 Å². The number of hydrogen-bond donors (Lipinski definition) is 5. The van der Waals surface area contributed by atoms with Crippen LogP contribution in [0.25, 0.3) is 11.1 Å². The topological polar surface area (TPSA) is 128 Å². The zero-order chi connectivity index (χ0) is 20.3. The highest BCUT2D eigenvalue weighted by atomic mass is 16.4. The number of carboxylic acids is 1. The first-order chi connectivity index (χ1) is 13.4. The molecule has 6 N–H and O–H groups in total. The Morgan fingerprint density at radius 3 is 2.46 bits per heavy atom. The lowest BCUT2D eigenvalue weighted by atomic mass is 9.82. The van der Waals surface area contributed by atoms with Gasteiger partial charge in [0.25, 0.3) is 0 Å². The van der Waals surface area contributed by atoms with Gasteiger partial charge in [-0.2, -0.15) is 0 Å². The number of amidine groups is 1. The average molecular weight is 382 g/mol. The van der Waals surface area contributed by atoms with Crippen molar-refractivity contribution in [3.05, 3.63) is 53.6 Å². The maximum Gasteiger partial charge on any atom is 0.307 e. The van der Waals surface area contributed by atoms with E-state index in [1.165, 1.54) is 0 Å². The molecule has 2 aromatic carbocycles. The van der Waals surface area contributed by atoms with Crippen LogP contribution in [0, 0.1) is 11.3 Å². The number of fused-ring (bicyclic) bond motifs is 1. The molecule has 0 heterocycles. The van der Waals surface area contributed by atoms with Crippen LogP contribution in [0.4, 0.5) is 0 Å². The summed E-state index contributed by atoms with van der Waals surface area (Å²) in [6.45, 7) is 0. The SMILES string of the molecule is N=C(N)CCCCC(C(=O)O)C1c2cc(-c3ccc(O)cc3)ccc2CC1O. The lowest BCUT2D eigenvalue weighted by Gasteiger charge is -2.24. The van der Waals surface area contributed by atoms with Crippen LogP contribution < -0.4 is 5.73 Å². The van der Waals surface area contributed by atoms with Crippen LogP contribution in [0.3, 0.4) is 0 Å². The number of unbranched alkanes of at least 4 members (excludes halogenated alkanes) is 1. The summed E-state index contributed by atoms with van der Waals surface area (Å²) >= 11 is 0. The van der Waals surface area contributed by atoms with Gasteiger partial charge in [0.05, 0.1) is 17.9 Å². The van der Waals surface area contributed by atoms with E-state index in [2.05, 4.69) is 0 Å². The summed E-state index contributed by atoms with van der Waals surface area (Å²) < 4.78 is 0. The molecule has 6 heteroatoms. The molecule has 0 aliphatic heterocycles. The van der Waals surface area contributed by atoms with Crippen molar-refractivity contribution in [1.82, 2.24) is 0 Å². The molecule has 0 amide bonds. The Hall–Kier alpha value is -2.86. The number of benzene rings is 2. The van der Waals surface area contributed by atoms with E-state index >= 15 is 0 Å². The van der Waals surface area contributed by atoms with Crippen molar-refractivity contribution in [3.8, 4) is 16.9 Å². The summed E-state index contributed by atoms with van der Waals surface area (Å²) in [7, 11) is 0. The van der Waals surface area contributed by atoms with Crippen LogP contribution in [0.5, 0.6) is 5.75 Å². The Bertz CT molecular complexity index is 863. The fraction of sp³-hybridized carbons (Fsp3) is 0.364. The summed E-state index contributed by atoms with van der Waals surface area (Å²) in [5, 5.41) is 37.2. The Balaban J connectivity index is 1.86. The van der Waals surface area contributed by atoms with Crippen LogP contribution in [0.2, 0.25) is 0 Å². The standard InChI is InChI=1S/C22H26N2O4/c23-20(24)4-2-1-3-17(22(27)28)21-18-11-14(5-6-15(18)12-19(21)26)13-7-9-16(25)10-8-13/h5-11,17,19,21,25-26H,1-4,12H2,(H3,23,24)(H,27,28). The molecule has 1 aliphatic rings. The molecule has 0 aromatic heterocycles. The second-order valence-corrected chi connectivity index (χ2v) is 7.47. The molecule has 3 unspecified atom stereocenters. The van der Waals surface area contributed by atoms with Gasteiger partial charge in [0.15, 0.2) is 0 Å². The number of aromatic hydroxyl groups is 1. The van der Waals surface area contributed by atoms with Crippen LogP contribution in [-0.4, -0.2) is 33.2 Å². The van der Waals surface area contributed by atoms with Crippen molar-refractivity contribution < 1.29 is 20.1 Å². The van der Waals surface area contributed by atoms with Crippen LogP contribution in [-0.2, 0) is 11.2 Å². The van der Waals surface area contributed by atoms with Gasteiger partial charge in [-0.15, -0.1) is 0 Å². The number of hydrogen-bond acceptors (Lipinski definition) is 4. The number of aliphatic hydroxyl groups excluding tert-OH is 1. The van der Waals surface area contributed by atoms with E-state index in [9.17, 15) is 20.1 Å². The third kappa shape index (κ3) is 4.34. The number of phenolic OH excluding ortho intramolecular Hbond substituents is 1. The predicted molar refractivity (Wildman–Crippen MR) is 108 cm³/mol. The van der Waals surface area contributed by atoms with E-state index in [0.29, 0.717) is 32.1 Å². The van der Waals surface area contributed by atoms with E-state index in [0.717, 1.165) is 22.3 Å². The zero-order valence-corrected chi connectivity index (χ0v) is 15.6. The van der Waals surface area contributed by atoms with Crippen molar-refractivity contribution in [3.63, 3.8) is 0 Å². The minimum absolute atomic E-state index is 0.108. The number of nitrogens with two attached hydrogens (primary N) is 1. The van der Waals surface area contributed by atoms with Gasteiger partial charge in [-0.3, -0.25) is 10.2 Å². The summed E-state index contributed by atoms with van der Waals surface area (Å²) in [6, 6.07) is 12.7. The van der Waals surface area contributed by atoms with Gasteiger partial charge in [-0.05, 0) is 53.6 Å². The van der Waals surface area contributed by atoms with Crippen molar-refractivity contribution in [2.45, 2.75) is 44.1 Å². The minimum Gasteiger partial charge on any atom is -0.508 e. The molecule has 2 aromatic rings. The first-order valence-electron chi connectivity index (χ1n) is 9.53. The predicted octanol–water partition coefficient (Wildman–Crippen LogP) is 3.26. The molecule has 3 rings (SSSR count). The fourth-order valence-corrected chi connectivity index (χ4v) is 4.11. The molecule has 0 fully saturated rings. The molecule has 148 valence electrons. The highest BCUT2D eigenvalue weighted by Crippen LogP contribution is 2.42. The number of carbonyl (C=O) groups is 1. The molecular weight excluding hydrogens is 356 g/mol. The molecule has 0 bridgehead atoms. The third-order valence-electron chi connectivity index (χ3n) is 5.51. The molecule has 6 nitrogen and oxygen atoms in total. The van der Waals surface area contributed by atoms with Gasteiger partial charge in [-0.25, -0.2) is 0 Å². The first kappa shape index (κ1) is 19.9. The summed E-state index contributed by atoms with van der Waals surface area (Å²) in [4.78, 5) is 12.0. The maximum absolute atomic E-state index is 12.0. The first-order valence-corrected chi connectivity index (χ1v) is 9.53. The molecule has 0 saturated heterocycles. The molecule has 1 aliphatic carbocycles. The van der Waals surface area contributed by atoms with Gasteiger partial charge in [-0.1, -0.05) is 36.8 Å². The van der Waals surface area contributed by atoms with Crippen molar-refractivity contribution in [1.29, 1.82) is 5.41 Å². The highest BCUT2D eigenvalue weighted by molar-refractivity contribution is 5.76. The molecule has 0 spiro atoms. The van der Waals surface area contributed by atoms with Crippen molar-refractivity contribution in [2.75, 3.05) is 0 Å². The van der Waals surface area contributed by atoms with E-state index in [1.807, 2.05) is 30.3 Å². The summed E-state index contributed by atoms with van der Waals surface area (Å²) in [6.07, 6.45) is 1.94. The Kier molecular flexibility index (Phi) is 5.99. The van der Waals surface area contributed by atoms with E-state index in [1.54, 1.807) is 12.1 Å². The van der Waals surface area contributed by atoms with Gasteiger partial charge < -0.3 is 21.1 Å². The zero-order valence-electron chi connectivity index (χ0n) is 15.6. The van der Waals surface area contributed by atoms with Crippen molar-refractivity contribution >= 4 is 11.8 Å². The third-order valence-corrected chi connectivity index (χ3v) is 5.51. The Morgan fingerprint density at radius 1 is 1.14 bits per heavy atom. The minimum atomic E-state index is -0.908. The van der Waals surface area contributed by atoms with E-state index < -0.39 is 23.9 Å². The number of carboxylic acid groups (broad SMARTS) is 1. The number of aliphatic hydroxyl groups is 1. The lowest BCUT2D eigenvalue weighted by Crippen LogP contribution is -2.28. The smallest absolute Gasteiger partial charge is 0.307 e. The summed E-state index contributed by atoms with van der Waals surface area (Å²) in [5.41, 5.74) is 9.09. The molecule has 0 saturated carbocycles. The fourth-order valence-electron chi connectivity index (χ4n) is 4.11. The molecule has 0 radical (unpaired) electrons. The Morgan fingerprint density at radius 2 is 1.82 bits per heavy atom. The van der Waals surface area contributed by atoms with E-state index in [-0.39, 0.29) is 11.6 Å². The number of rotatable bonds is 8. The second kappa shape index (κ2) is 8.44. The maximum atomic E-state index is 12.0. The molecule has 3 atom stereocenters. The summed E-state index contributed by atoms with van der Waals surface area (Å²) in [5.74, 6) is -1.75. The van der Waals surface area contributed by atoms with Gasteiger partial charge in [0, 0.05) is 12.3 Å². The van der Waals surface area contributed by atoms with Gasteiger partial charge in [0.2, 0.25) is 0 Å². The lowest BCUT2D eigenvalue weighted by molar-refractivity contribution is -0.144. The van der Waals surface area contributed by atoms with Gasteiger partial charge >= 0.3 is 5.97 Å². The average Bonchev–Trinajstić information content (AvgIpc) is 2.97.